The number of rotatable bonds is 2. The first kappa shape index (κ1) is 13.4. The normalized spacial score (nSPS) is 26.3. The van der Waals surface area contributed by atoms with Crippen molar-refractivity contribution in [2.45, 2.75) is 31.7 Å². The second kappa shape index (κ2) is 4.90. The second-order valence-electron chi connectivity index (χ2n) is 4.67. The van der Waals surface area contributed by atoms with Crippen LogP contribution in [0.5, 0.6) is 0 Å². The molecule has 3 atom stereocenters. The third kappa shape index (κ3) is 2.67. The smallest absolute Gasteiger partial charge is 0.386 e. The van der Waals surface area contributed by atoms with Crippen molar-refractivity contribution < 1.29 is 23.0 Å². The Morgan fingerprint density at radius 3 is 2.33 bits per heavy atom. The van der Waals surface area contributed by atoms with Crippen molar-refractivity contribution in [1.82, 2.24) is 0 Å². The highest BCUT2D eigenvalue weighted by atomic mass is 19.4. The van der Waals surface area contributed by atoms with E-state index in [9.17, 15) is 18.3 Å². The molecular weight excluding hydrogens is 245 g/mol. The van der Waals surface area contributed by atoms with Crippen molar-refractivity contribution in [3.63, 3.8) is 0 Å². The molecule has 0 bridgehead atoms. The topological polar surface area (TPSA) is 29.5 Å². The summed E-state index contributed by atoms with van der Waals surface area (Å²) < 4.78 is 42.6. The molecule has 1 fully saturated rings. The van der Waals surface area contributed by atoms with Gasteiger partial charge < -0.3 is 9.84 Å². The third-order valence-corrected chi connectivity index (χ3v) is 3.34. The van der Waals surface area contributed by atoms with Crippen LogP contribution in [0.1, 0.15) is 30.6 Å². The Kier molecular flexibility index (Phi) is 3.64. The molecule has 0 spiro atoms. The molecule has 0 aromatic heterocycles. The van der Waals surface area contributed by atoms with E-state index in [2.05, 4.69) is 0 Å². The highest BCUT2D eigenvalue weighted by Crippen LogP contribution is 2.33. The molecule has 1 heterocycles. The monoisotopic (exact) mass is 260 g/mol. The summed E-state index contributed by atoms with van der Waals surface area (Å²) in [6.45, 7) is 2.55. The summed E-state index contributed by atoms with van der Waals surface area (Å²) in [5.41, 5.74) is -0.249. The van der Waals surface area contributed by atoms with Gasteiger partial charge in [-0.2, -0.15) is 13.2 Å². The molecule has 1 saturated heterocycles. The van der Waals surface area contributed by atoms with Crippen LogP contribution in [0.25, 0.3) is 0 Å². The first-order valence-electron chi connectivity index (χ1n) is 5.86. The predicted molar refractivity (Wildman–Crippen MR) is 59.9 cm³/mol. The third-order valence-electron chi connectivity index (χ3n) is 3.34. The van der Waals surface area contributed by atoms with Crippen LogP contribution >= 0.6 is 0 Å². The summed E-state index contributed by atoms with van der Waals surface area (Å²) in [5, 5.41) is 10.1. The van der Waals surface area contributed by atoms with Crippen molar-refractivity contribution in [1.29, 1.82) is 0 Å². The number of aliphatic hydroxyl groups is 1. The first-order valence-corrected chi connectivity index (χ1v) is 5.86. The minimum absolute atomic E-state index is 0.210. The fraction of sp³-hybridized carbons (Fsp3) is 0.538. The Hall–Kier alpha value is -1.07. The predicted octanol–water partition coefficient (Wildman–Crippen LogP) is 3.16. The Bertz CT molecular complexity index is 400. The lowest BCUT2D eigenvalue weighted by atomic mass is 9.94. The molecule has 3 unspecified atom stereocenters. The van der Waals surface area contributed by atoms with E-state index in [0.29, 0.717) is 12.2 Å². The first-order chi connectivity index (χ1) is 8.39. The van der Waals surface area contributed by atoms with E-state index in [4.69, 9.17) is 4.74 Å². The highest BCUT2D eigenvalue weighted by Gasteiger charge is 2.33. The number of hydrogen-bond donors (Lipinski definition) is 1. The Morgan fingerprint density at radius 1 is 1.28 bits per heavy atom. The molecule has 18 heavy (non-hydrogen) atoms. The molecule has 1 aromatic carbocycles. The zero-order valence-electron chi connectivity index (χ0n) is 9.95. The quantitative estimate of drug-likeness (QED) is 0.885. The van der Waals surface area contributed by atoms with Gasteiger partial charge in [0.05, 0.1) is 11.7 Å². The van der Waals surface area contributed by atoms with E-state index in [-0.39, 0.29) is 12.0 Å². The fourth-order valence-electron chi connectivity index (χ4n) is 2.18. The van der Waals surface area contributed by atoms with Crippen molar-refractivity contribution in [2.24, 2.45) is 5.92 Å². The van der Waals surface area contributed by atoms with Gasteiger partial charge in [-0.15, -0.1) is 0 Å². The minimum Gasteiger partial charge on any atom is -0.386 e. The summed E-state index contributed by atoms with van der Waals surface area (Å²) in [4.78, 5) is 0. The van der Waals surface area contributed by atoms with Gasteiger partial charge in [-0.3, -0.25) is 0 Å². The molecule has 1 aliphatic rings. The molecule has 0 amide bonds. The van der Waals surface area contributed by atoms with E-state index >= 15 is 0 Å². The van der Waals surface area contributed by atoms with Crippen molar-refractivity contribution >= 4 is 0 Å². The number of ether oxygens (including phenoxy) is 1. The van der Waals surface area contributed by atoms with Crippen LogP contribution in [0.3, 0.4) is 0 Å². The van der Waals surface area contributed by atoms with Crippen LogP contribution in [-0.2, 0) is 10.9 Å². The lowest BCUT2D eigenvalue weighted by molar-refractivity contribution is -0.137. The van der Waals surface area contributed by atoms with Crippen molar-refractivity contribution in [3.05, 3.63) is 35.4 Å². The molecule has 1 N–H and O–H groups in total. The van der Waals surface area contributed by atoms with Gasteiger partial charge in [0.15, 0.2) is 0 Å². The number of aliphatic hydroxyl groups excluding tert-OH is 1. The average molecular weight is 260 g/mol. The summed E-state index contributed by atoms with van der Waals surface area (Å²) in [5.74, 6) is 0.210. The molecule has 1 aromatic rings. The maximum atomic E-state index is 12.4. The molecule has 0 radical (unpaired) electrons. The average Bonchev–Trinajstić information content (AvgIpc) is 2.73. The van der Waals surface area contributed by atoms with E-state index in [0.717, 1.165) is 18.6 Å². The van der Waals surface area contributed by atoms with Crippen molar-refractivity contribution in [2.75, 3.05) is 6.61 Å². The van der Waals surface area contributed by atoms with Crippen LogP contribution < -0.4 is 0 Å². The van der Waals surface area contributed by atoms with Gasteiger partial charge in [0, 0.05) is 6.61 Å². The van der Waals surface area contributed by atoms with E-state index in [1.165, 1.54) is 12.1 Å². The number of benzene rings is 1. The van der Waals surface area contributed by atoms with E-state index in [1.54, 1.807) is 0 Å². The van der Waals surface area contributed by atoms with Gasteiger partial charge in [-0.25, -0.2) is 0 Å². The summed E-state index contributed by atoms with van der Waals surface area (Å²) in [7, 11) is 0. The Morgan fingerprint density at radius 2 is 1.89 bits per heavy atom. The zero-order chi connectivity index (χ0) is 13.3. The minimum atomic E-state index is -4.35. The Labute approximate surface area is 103 Å². The van der Waals surface area contributed by atoms with Gasteiger partial charge in [0.25, 0.3) is 0 Å². The molecule has 5 heteroatoms. The highest BCUT2D eigenvalue weighted by molar-refractivity contribution is 5.26. The number of hydrogen-bond acceptors (Lipinski definition) is 2. The van der Waals surface area contributed by atoms with Crippen LogP contribution in [0.4, 0.5) is 13.2 Å². The molecule has 2 nitrogen and oxygen atoms in total. The lowest BCUT2D eigenvalue weighted by Gasteiger charge is -2.22. The fourth-order valence-corrected chi connectivity index (χ4v) is 2.18. The van der Waals surface area contributed by atoms with Gasteiger partial charge >= 0.3 is 6.18 Å². The molecule has 1 aliphatic heterocycles. The SMILES string of the molecule is CC1CCOC1C(O)c1ccc(C(F)(F)F)cc1. The second-order valence-corrected chi connectivity index (χ2v) is 4.67. The van der Waals surface area contributed by atoms with Crippen molar-refractivity contribution in [3.8, 4) is 0 Å². The van der Waals surface area contributed by atoms with Crippen LogP contribution in [0, 0.1) is 5.92 Å². The summed E-state index contributed by atoms with van der Waals surface area (Å²) in [6, 6.07) is 4.58. The standard InChI is InChI=1S/C13H15F3O2/c1-8-6-7-18-12(8)11(17)9-2-4-10(5-3-9)13(14,15)16/h2-5,8,11-12,17H,6-7H2,1H3. The summed E-state index contributed by atoms with van der Waals surface area (Å²) >= 11 is 0. The van der Waals surface area contributed by atoms with Gasteiger partial charge in [0.1, 0.15) is 6.10 Å². The largest absolute Gasteiger partial charge is 0.416 e. The maximum Gasteiger partial charge on any atom is 0.416 e. The van der Waals surface area contributed by atoms with Gasteiger partial charge in [-0.05, 0) is 30.0 Å². The maximum absolute atomic E-state index is 12.4. The van der Waals surface area contributed by atoms with Gasteiger partial charge in [-0.1, -0.05) is 19.1 Å². The lowest BCUT2D eigenvalue weighted by Crippen LogP contribution is -2.23. The molecule has 0 saturated carbocycles. The Balaban J connectivity index is 2.14. The van der Waals surface area contributed by atoms with E-state index < -0.39 is 17.8 Å². The molecular formula is C13H15F3O2. The number of alkyl halides is 3. The molecule has 0 aliphatic carbocycles. The number of halogens is 3. The van der Waals surface area contributed by atoms with Crippen LogP contribution in [-0.4, -0.2) is 17.8 Å². The molecule has 100 valence electrons. The molecule has 2 rings (SSSR count). The zero-order valence-corrected chi connectivity index (χ0v) is 9.95. The summed E-state index contributed by atoms with van der Waals surface area (Å²) in [6.07, 6.45) is -4.69. The van der Waals surface area contributed by atoms with Gasteiger partial charge in [0.2, 0.25) is 0 Å². The van der Waals surface area contributed by atoms with Crippen LogP contribution in [0.15, 0.2) is 24.3 Å². The van der Waals surface area contributed by atoms with E-state index in [1.807, 2.05) is 6.92 Å². The van der Waals surface area contributed by atoms with Crippen LogP contribution in [0.2, 0.25) is 0 Å².